The van der Waals surface area contributed by atoms with Crippen LogP contribution in [0.3, 0.4) is 0 Å². The summed E-state index contributed by atoms with van der Waals surface area (Å²) in [6, 6.07) is 9.95. The lowest BCUT2D eigenvalue weighted by molar-refractivity contribution is 1.19. The van der Waals surface area contributed by atoms with E-state index in [1.807, 2.05) is 30.3 Å². The molecule has 88 valence electrons. The number of pyridine rings is 1. The van der Waals surface area contributed by atoms with Crippen LogP contribution in [0.4, 0.5) is 11.8 Å². The first-order valence-corrected chi connectivity index (χ1v) is 5.47. The number of nitrogens with zero attached hydrogens (tertiary/aromatic N) is 3. The molecule has 2 aromatic heterocycles. The van der Waals surface area contributed by atoms with Crippen LogP contribution in [-0.4, -0.2) is 15.0 Å². The monoisotopic (exact) mass is 237 g/mol. The highest BCUT2D eigenvalue weighted by Crippen LogP contribution is 2.25. The molecule has 0 atom stereocenters. The summed E-state index contributed by atoms with van der Waals surface area (Å²) in [5.41, 5.74) is 12.7. The topological polar surface area (TPSA) is 90.7 Å². The number of aromatic nitrogens is 3. The minimum atomic E-state index is 0.164. The molecule has 0 fully saturated rings. The van der Waals surface area contributed by atoms with Crippen LogP contribution in [0.2, 0.25) is 0 Å². The number of fused-ring (bicyclic) bond motifs is 1. The molecule has 0 saturated heterocycles. The highest BCUT2D eigenvalue weighted by atomic mass is 15.0. The Balaban J connectivity index is 2.19. The standard InChI is InChI=1S/C13H11N5/c14-12-10(7-17-13(15)18-12)11-5-8-3-1-2-4-9(8)6-16-11/h1-7H,(H4,14,15,17,18). The third-order valence-corrected chi connectivity index (χ3v) is 2.74. The van der Waals surface area contributed by atoms with Crippen LogP contribution in [0.15, 0.2) is 42.7 Å². The summed E-state index contributed by atoms with van der Waals surface area (Å²) >= 11 is 0. The lowest BCUT2D eigenvalue weighted by atomic mass is 10.1. The zero-order valence-corrected chi connectivity index (χ0v) is 9.54. The molecule has 0 unspecified atom stereocenters. The summed E-state index contributed by atoms with van der Waals surface area (Å²) in [6.07, 6.45) is 3.40. The van der Waals surface area contributed by atoms with E-state index in [0.29, 0.717) is 11.4 Å². The number of nitrogen functional groups attached to an aromatic ring is 2. The first kappa shape index (κ1) is 10.5. The Morgan fingerprint density at radius 3 is 2.44 bits per heavy atom. The van der Waals surface area contributed by atoms with Crippen LogP contribution in [0, 0.1) is 0 Å². The van der Waals surface area contributed by atoms with Crippen LogP contribution in [0.1, 0.15) is 0 Å². The van der Waals surface area contributed by atoms with Crippen LogP contribution in [0.25, 0.3) is 22.0 Å². The molecule has 5 heteroatoms. The van der Waals surface area contributed by atoms with Crippen molar-refractivity contribution in [2.45, 2.75) is 0 Å². The third-order valence-electron chi connectivity index (χ3n) is 2.74. The summed E-state index contributed by atoms with van der Waals surface area (Å²) in [4.78, 5) is 12.2. The van der Waals surface area contributed by atoms with Crippen LogP contribution in [-0.2, 0) is 0 Å². The summed E-state index contributed by atoms with van der Waals surface area (Å²) in [7, 11) is 0. The van der Waals surface area contributed by atoms with Crippen molar-refractivity contribution in [1.82, 2.24) is 15.0 Å². The average Bonchev–Trinajstić information content (AvgIpc) is 2.38. The maximum atomic E-state index is 5.83. The summed E-state index contributed by atoms with van der Waals surface area (Å²) in [6.45, 7) is 0. The fraction of sp³-hybridized carbons (Fsp3) is 0. The van der Waals surface area contributed by atoms with E-state index in [2.05, 4.69) is 15.0 Å². The van der Waals surface area contributed by atoms with E-state index in [1.54, 1.807) is 12.4 Å². The van der Waals surface area contributed by atoms with Crippen molar-refractivity contribution in [3.8, 4) is 11.3 Å². The number of hydrogen-bond donors (Lipinski definition) is 2. The normalized spacial score (nSPS) is 10.7. The highest BCUT2D eigenvalue weighted by molar-refractivity contribution is 5.86. The molecule has 0 bridgehead atoms. The van der Waals surface area contributed by atoms with E-state index < -0.39 is 0 Å². The Morgan fingerprint density at radius 1 is 0.889 bits per heavy atom. The largest absolute Gasteiger partial charge is 0.383 e. The number of rotatable bonds is 1. The van der Waals surface area contributed by atoms with Gasteiger partial charge in [-0.05, 0) is 11.5 Å². The van der Waals surface area contributed by atoms with Gasteiger partial charge in [0.25, 0.3) is 0 Å². The second kappa shape index (κ2) is 3.96. The Morgan fingerprint density at radius 2 is 1.67 bits per heavy atom. The molecule has 0 saturated carbocycles. The Bertz CT molecular complexity index is 723. The molecule has 0 aliphatic rings. The molecule has 2 heterocycles. The zero-order valence-electron chi connectivity index (χ0n) is 9.54. The Kier molecular flexibility index (Phi) is 2.30. The first-order chi connectivity index (χ1) is 8.74. The van der Waals surface area contributed by atoms with E-state index in [-0.39, 0.29) is 5.95 Å². The van der Waals surface area contributed by atoms with Gasteiger partial charge in [-0.2, -0.15) is 4.98 Å². The molecule has 5 nitrogen and oxygen atoms in total. The van der Waals surface area contributed by atoms with Gasteiger partial charge in [0.2, 0.25) is 5.95 Å². The third kappa shape index (κ3) is 1.71. The molecule has 3 aromatic rings. The van der Waals surface area contributed by atoms with E-state index >= 15 is 0 Å². The SMILES string of the molecule is Nc1ncc(-c2cc3ccccc3cn2)c(N)n1. The molecule has 0 aliphatic carbocycles. The highest BCUT2D eigenvalue weighted by Gasteiger charge is 2.07. The van der Waals surface area contributed by atoms with Crippen molar-refractivity contribution in [3.05, 3.63) is 42.7 Å². The van der Waals surface area contributed by atoms with Crippen molar-refractivity contribution in [2.75, 3.05) is 11.5 Å². The van der Waals surface area contributed by atoms with Gasteiger partial charge in [0, 0.05) is 17.8 Å². The fourth-order valence-electron chi connectivity index (χ4n) is 1.84. The maximum absolute atomic E-state index is 5.83. The van der Waals surface area contributed by atoms with Gasteiger partial charge in [-0.1, -0.05) is 24.3 Å². The predicted octanol–water partition coefficient (Wildman–Crippen LogP) is 1.86. The summed E-state index contributed by atoms with van der Waals surface area (Å²) in [5, 5.41) is 2.18. The quantitative estimate of drug-likeness (QED) is 0.674. The molecule has 0 radical (unpaired) electrons. The van der Waals surface area contributed by atoms with Crippen molar-refractivity contribution in [2.24, 2.45) is 0 Å². The smallest absolute Gasteiger partial charge is 0.221 e. The van der Waals surface area contributed by atoms with Gasteiger partial charge in [-0.25, -0.2) is 4.98 Å². The molecule has 0 amide bonds. The zero-order chi connectivity index (χ0) is 12.5. The van der Waals surface area contributed by atoms with Crippen LogP contribution < -0.4 is 11.5 Å². The molecule has 4 N–H and O–H groups in total. The van der Waals surface area contributed by atoms with Gasteiger partial charge >= 0.3 is 0 Å². The lowest BCUT2D eigenvalue weighted by Crippen LogP contribution is -2.01. The number of benzene rings is 1. The molecular formula is C13H11N5. The number of nitrogens with two attached hydrogens (primary N) is 2. The second-order valence-electron chi connectivity index (χ2n) is 3.94. The van der Waals surface area contributed by atoms with Gasteiger partial charge in [-0.15, -0.1) is 0 Å². The van der Waals surface area contributed by atoms with Gasteiger partial charge in [0.15, 0.2) is 0 Å². The minimum absolute atomic E-state index is 0.164. The molecule has 0 spiro atoms. The molecule has 0 aliphatic heterocycles. The predicted molar refractivity (Wildman–Crippen MR) is 71.6 cm³/mol. The van der Waals surface area contributed by atoms with Gasteiger partial charge in [-0.3, -0.25) is 4.98 Å². The van der Waals surface area contributed by atoms with Crippen LogP contribution >= 0.6 is 0 Å². The summed E-state index contributed by atoms with van der Waals surface area (Å²) in [5.74, 6) is 0.502. The van der Waals surface area contributed by atoms with Crippen molar-refractivity contribution in [3.63, 3.8) is 0 Å². The van der Waals surface area contributed by atoms with Crippen LogP contribution in [0.5, 0.6) is 0 Å². The molecule has 18 heavy (non-hydrogen) atoms. The summed E-state index contributed by atoms with van der Waals surface area (Å²) < 4.78 is 0. The minimum Gasteiger partial charge on any atom is -0.383 e. The van der Waals surface area contributed by atoms with E-state index in [9.17, 15) is 0 Å². The van der Waals surface area contributed by atoms with Gasteiger partial charge in [0.1, 0.15) is 5.82 Å². The second-order valence-corrected chi connectivity index (χ2v) is 3.94. The van der Waals surface area contributed by atoms with Gasteiger partial charge in [0.05, 0.1) is 11.3 Å². The molecule has 3 rings (SSSR count). The van der Waals surface area contributed by atoms with Gasteiger partial charge < -0.3 is 11.5 Å². The Hall–Kier alpha value is -2.69. The number of hydrogen-bond acceptors (Lipinski definition) is 5. The fourth-order valence-corrected chi connectivity index (χ4v) is 1.84. The van der Waals surface area contributed by atoms with E-state index in [4.69, 9.17) is 11.5 Å². The van der Waals surface area contributed by atoms with Crippen molar-refractivity contribution in [1.29, 1.82) is 0 Å². The maximum Gasteiger partial charge on any atom is 0.221 e. The average molecular weight is 237 g/mol. The van der Waals surface area contributed by atoms with E-state index in [0.717, 1.165) is 16.5 Å². The molecule has 1 aromatic carbocycles. The lowest BCUT2D eigenvalue weighted by Gasteiger charge is -2.05. The number of anilines is 2. The molecular weight excluding hydrogens is 226 g/mol. The van der Waals surface area contributed by atoms with Crippen molar-refractivity contribution >= 4 is 22.5 Å². The Labute approximate surface area is 104 Å². The van der Waals surface area contributed by atoms with Crippen molar-refractivity contribution < 1.29 is 0 Å². The van der Waals surface area contributed by atoms with E-state index in [1.165, 1.54) is 0 Å². The first-order valence-electron chi connectivity index (χ1n) is 5.47.